The fourth-order valence-electron chi connectivity index (χ4n) is 1.21. The van der Waals surface area contributed by atoms with E-state index in [1.165, 1.54) is 24.7 Å². The van der Waals surface area contributed by atoms with Gasteiger partial charge in [-0.15, -0.1) is 12.4 Å². The van der Waals surface area contributed by atoms with E-state index in [0.717, 1.165) is 4.57 Å². The molecule has 0 atom stereocenters. The standard InChI is InChI=1S/C9H14N4O3.ClH/c1-12-6(5-11-7(14)4-10)3-8(15)13(2)9(12)16;/h3H,4-5,10H2,1-2H3,(H,11,14);1H. The van der Waals surface area contributed by atoms with Crippen molar-refractivity contribution in [1.29, 1.82) is 0 Å². The molecule has 7 nitrogen and oxygen atoms in total. The van der Waals surface area contributed by atoms with Crippen molar-refractivity contribution >= 4 is 18.3 Å². The van der Waals surface area contributed by atoms with Crippen molar-refractivity contribution < 1.29 is 4.79 Å². The molecule has 0 saturated heterocycles. The van der Waals surface area contributed by atoms with Crippen molar-refractivity contribution in [2.24, 2.45) is 19.8 Å². The SMILES string of the molecule is Cl.Cn1c(CNC(=O)CN)cc(=O)n(C)c1=O. The average Bonchev–Trinajstić information content (AvgIpc) is 2.28. The Hall–Kier alpha value is -1.60. The lowest BCUT2D eigenvalue weighted by atomic mass is 10.3. The molecule has 17 heavy (non-hydrogen) atoms. The number of hydrogen-bond acceptors (Lipinski definition) is 4. The summed E-state index contributed by atoms with van der Waals surface area (Å²) >= 11 is 0. The summed E-state index contributed by atoms with van der Waals surface area (Å²) in [5, 5.41) is 2.49. The van der Waals surface area contributed by atoms with Crippen LogP contribution in [0.5, 0.6) is 0 Å². The Balaban J connectivity index is 0.00000256. The van der Waals surface area contributed by atoms with Crippen molar-refractivity contribution in [1.82, 2.24) is 14.5 Å². The Morgan fingerprint density at radius 2 is 1.94 bits per heavy atom. The van der Waals surface area contributed by atoms with Gasteiger partial charge in [-0.2, -0.15) is 0 Å². The summed E-state index contributed by atoms with van der Waals surface area (Å²) in [6.45, 7) is -0.0172. The van der Waals surface area contributed by atoms with Gasteiger partial charge in [0.2, 0.25) is 5.91 Å². The van der Waals surface area contributed by atoms with Crippen molar-refractivity contribution in [2.45, 2.75) is 6.54 Å². The first kappa shape index (κ1) is 15.4. The summed E-state index contributed by atoms with van der Waals surface area (Å²) in [4.78, 5) is 33.8. The number of nitrogens with zero attached hydrogens (tertiary/aromatic N) is 2. The molecule has 8 heteroatoms. The lowest BCUT2D eigenvalue weighted by molar-refractivity contribution is -0.119. The van der Waals surface area contributed by atoms with Crippen LogP contribution in [0.3, 0.4) is 0 Å². The highest BCUT2D eigenvalue weighted by Gasteiger charge is 2.06. The van der Waals surface area contributed by atoms with E-state index in [9.17, 15) is 14.4 Å². The predicted octanol–water partition coefficient (Wildman–Crippen LogP) is -1.92. The van der Waals surface area contributed by atoms with Crippen LogP contribution in [0.25, 0.3) is 0 Å². The molecule has 3 N–H and O–H groups in total. The smallest absolute Gasteiger partial charge is 0.330 e. The van der Waals surface area contributed by atoms with Crippen LogP contribution in [-0.4, -0.2) is 21.6 Å². The van der Waals surface area contributed by atoms with Gasteiger partial charge in [-0.1, -0.05) is 0 Å². The van der Waals surface area contributed by atoms with Crippen molar-refractivity contribution in [2.75, 3.05) is 6.54 Å². The molecule has 0 aliphatic heterocycles. The van der Waals surface area contributed by atoms with E-state index in [0.29, 0.717) is 5.69 Å². The Labute approximate surface area is 104 Å². The second-order valence-electron chi connectivity index (χ2n) is 3.36. The normalized spacial score (nSPS) is 9.59. The number of carbonyl (C=O) groups excluding carboxylic acids is 1. The summed E-state index contributed by atoms with van der Waals surface area (Å²) < 4.78 is 2.30. The number of nitrogens with one attached hydrogen (secondary N) is 1. The minimum atomic E-state index is -0.426. The molecule has 1 rings (SSSR count). The summed E-state index contributed by atoms with van der Waals surface area (Å²) in [7, 11) is 2.93. The Kier molecular flexibility index (Phi) is 5.63. The zero-order chi connectivity index (χ0) is 12.3. The van der Waals surface area contributed by atoms with Crippen LogP contribution in [0, 0.1) is 0 Å². The first-order valence-electron chi connectivity index (χ1n) is 4.70. The van der Waals surface area contributed by atoms with Crippen LogP contribution in [0.4, 0.5) is 0 Å². The van der Waals surface area contributed by atoms with Gasteiger partial charge in [0.25, 0.3) is 5.56 Å². The van der Waals surface area contributed by atoms with Gasteiger partial charge in [-0.25, -0.2) is 4.79 Å². The van der Waals surface area contributed by atoms with Gasteiger partial charge in [0.15, 0.2) is 0 Å². The number of aromatic nitrogens is 2. The first-order chi connectivity index (χ1) is 7.47. The van der Waals surface area contributed by atoms with Gasteiger partial charge < -0.3 is 11.1 Å². The molecule has 1 aromatic rings. The van der Waals surface area contributed by atoms with Crippen LogP contribution < -0.4 is 22.3 Å². The number of rotatable bonds is 3. The monoisotopic (exact) mass is 262 g/mol. The Bertz CT molecular complexity index is 520. The Morgan fingerprint density at radius 3 is 2.47 bits per heavy atom. The third-order valence-electron chi connectivity index (χ3n) is 2.28. The number of halogens is 1. The summed E-state index contributed by atoms with van der Waals surface area (Å²) in [5.41, 5.74) is 4.72. The maximum atomic E-state index is 11.5. The third kappa shape index (κ3) is 3.43. The van der Waals surface area contributed by atoms with Gasteiger partial charge in [-0.05, 0) is 0 Å². The molecule has 0 aliphatic rings. The minimum absolute atomic E-state index is 0. The van der Waals surface area contributed by atoms with Crippen LogP contribution in [0.15, 0.2) is 15.7 Å². The molecule has 0 spiro atoms. The number of carbonyl (C=O) groups is 1. The molecular formula is C9H15ClN4O3. The van der Waals surface area contributed by atoms with E-state index in [-0.39, 0.29) is 31.4 Å². The lowest BCUT2D eigenvalue weighted by Crippen LogP contribution is -2.40. The highest BCUT2D eigenvalue weighted by molar-refractivity contribution is 5.85. The molecule has 0 unspecified atom stereocenters. The maximum absolute atomic E-state index is 11.5. The molecule has 1 amide bonds. The number of hydrogen-bond donors (Lipinski definition) is 2. The van der Waals surface area contributed by atoms with Gasteiger partial charge in [0.1, 0.15) is 0 Å². The van der Waals surface area contributed by atoms with Crippen molar-refractivity contribution in [3.05, 3.63) is 32.6 Å². The fraction of sp³-hybridized carbons (Fsp3) is 0.444. The van der Waals surface area contributed by atoms with Crippen LogP contribution in [0.1, 0.15) is 5.69 Å². The first-order valence-corrected chi connectivity index (χ1v) is 4.70. The van der Waals surface area contributed by atoms with Crippen molar-refractivity contribution in [3.63, 3.8) is 0 Å². The quantitative estimate of drug-likeness (QED) is 0.663. The summed E-state index contributed by atoms with van der Waals surface area (Å²) in [6.07, 6.45) is 0. The van der Waals surface area contributed by atoms with E-state index in [2.05, 4.69) is 5.32 Å². The lowest BCUT2D eigenvalue weighted by Gasteiger charge is -2.09. The second-order valence-corrected chi connectivity index (χ2v) is 3.36. The van der Waals surface area contributed by atoms with E-state index in [1.807, 2.05) is 0 Å². The molecule has 1 aromatic heterocycles. The minimum Gasteiger partial charge on any atom is -0.349 e. The molecule has 0 aliphatic carbocycles. The highest BCUT2D eigenvalue weighted by Crippen LogP contribution is 1.89. The van der Waals surface area contributed by atoms with E-state index >= 15 is 0 Å². The molecule has 0 fully saturated rings. The zero-order valence-electron chi connectivity index (χ0n) is 9.60. The average molecular weight is 263 g/mol. The van der Waals surface area contributed by atoms with E-state index in [1.54, 1.807) is 0 Å². The summed E-state index contributed by atoms with van der Waals surface area (Å²) in [5.74, 6) is -0.340. The highest BCUT2D eigenvalue weighted by atomic mass is 35.5. The van der Waals surface area contributed by atoms with Crippen LogP contribution in [-0.2, 0) is 25.4 Å². The van der Waals surface area contributed by atoms with Crippen molar-refractivity contribution in [3.8, 4) is 0 Å². The second kappa shape index (κ2) is 6.21. The molecule has 0 saturated carbocycles. The predicted molar refractivity (Wildman–Crippen MR) is 65.1 cm³/mol. The van der Waals surface area contributed by atoms with Crippen LogP contribution >= 0.6 is 12.4 Å². The molecule has 0 radical (unpaired) electrons. The fourth-order valence-corrected chi connectivity index (χ4v) is 1.21. The maximum Gasteiger partial charge on any atom is 0.330 e. The molecule has 1 heterocycles. The Morgan fingerprint density at radius 1 is 1.35 bits per heavy atom. The molecule has 0 bridgehead atoms. The number of nitrogens with two attached hydrogens (primary N) is 1. The van der Waals surface area contributed by atoms with E-state index < -0.39 is 11.2 Å². The number of amides is 1. The zero-order valence-corrected chi connectivity index (χ0v) is 10.4. The van der Waals surface area contributed by atoms with Crippen LogP contribution in [0.2, 0.25) is 0 Å². The van der Waals surface area contributed by atoms with Gasteiger partial charge in [-0.3, -0.25) is 18.7 Å². The van der Waals surface area contributed by atoms with E-state index in [4.69, 9.17) is 5.73 Å². The largest absolute Gasteiger partial charge is 0.349 e. The molecule has 0 aromatic carbocycles. The summed E-state index contributed by atoms with van der Waals surface area (Å²) in [6, 6.07) is 1.30. The molecule has 96 valence electrons. The van der Waals surface area contributed by atoms with Gasteiger partial charge in [0.05, 0.1) is 13.1 Å². The third-order valence-corrected chi connectivity index (χ3v) is 2.28. The topological polar surface area (TPSA) is 99.1 Å². The molecular weight excluding hydrogens is 248 g/mol. The van der Waals surface area contributed by atoms with Gasteiger partial charge >= 0.3 is 5.69 Å². The van der Waals surface area contributed by atoms with Gasteiger partial charge in [0, 0.05) is 25.9 Å².